The van der Waals surface area contributed by atoms with Crippen molar-refractivity contribution in [1.82, 2.24) is 4.90 Å². The molecule has 1 aliphatic carbocycles. The number of carbonyl (C=O) groups excluding carboxylic acids is 1. The molecule has 0 radical (unpaired) electrons. The van der Waals surface area contributed by atoms with Crippen LogP contribution in [0.25, 0.3) is 0 Å². The predicted octanol–water partition coefficient (Wildman–Crippen LogP) is 1.67. The van der Waals surface area contributed by atoms with E-state index in [1.54, 1.807) is 0 Å². The van der Waals surface area contributed by atoms with E-state index < -0.39 is 0 Å². The maximum Gasteiger partial charge on any atom is 0.310 e. The summed E-state index contributed by atoms with van der Waals surface area (Å²) in [6, 6.07) is 0.461. The van der Waals surface area contributed by atoms with Crippen LogP contribution >= 0.6 is 0 Å². The first-order chi connectivity index (χ1) is 7.22. The highest BCUT2D eigenvalue weighted by molar-refractivity contribution is 5.73. The quantitative estimate of drug-likeness (QED) is 0.651. The topological polar surface area (TPSA) is 29.5 Å². The number of likely N-dealkylation sites (tertiary alicyclic amines) is 1. The number of nitrogens with zero attached hydrogens (tertiary/aromatic N) is 1. The Morgan fingerprint density at radius 2 is 2.13 bits per heavy atom. The van der Waals surface area contributed by atoms with Crippen LogP contribution in [0.1, 0.15) is 32.6 Å². The fourth-order valence-electron chi connectivity index (χ4n) is 3.07. The van der Waals surface area contributed by atoms with Crippen molar-refractivity contribution in [2.45, 2.75) is 38.6 Å². The van der Waals surface area contributed by atoms with Crippen LogP contribution in [0, 0.1) is 11.8 Å². The van der Waals surface area contributed by atoms with E-state index in [9.17, 15) is 4.79 Å². The number of carbonyl (C=O) groups is 1. The molecule has 3 heteroatoms. The minimum Gasteiger partial charge on any atom is -0.469 e. The van der Waals surface area contributed by atoms with Crippen molar-refractivity contribution < 1.29 is 9.53 Å². The van der Waals surface area contributed by atoms with Crippen LogP contribution < -0.4 is 0 Å². The molecule has 1 saturated carbocycles. The van der Waals surface area contributed by atoms with Gasteiger partial charge in [-0.2, -0.15) is 0 Å². The second kappa shape index (κ2) is 4.52. The van der Waals surface area contributed by atoms with Crippen LogP contribution in [0.15, 0.2) is 0 Å². The summed E-state index contributed by atoms with van der Waals surface area (Å²) < 4.78 is 4.89. The molecule has 2 aliphatic rings. The molecule has 0 bridgehead atoms. The Morgan fingerprint density at radius 3 is 2.73 bits per heavy atom. The molecule has 1 heterocycles. The molecule has 0 aromatic heterocycles. The Bertz CT molecular complexity index is 242. The molecule has 2 rings (SSSR count). The Labute approximate surface area is 91.8 Å². The molecule has 3 nitrogen and oxygen atoms in total. The Kier molecular flexibility index (Phi) is 3.29. The van der Waals surface area contributed by atoms with Gasteiger partial charge >= 0.3 is 5.97 Å². The fraction of sp³-hybridized carbons (Fsp3) is 0.917. The Balaban J connectivity index is 1.98. The van der Waals surface area contributed by atoms with Gasteiger partial charge in [-0.15, -0.1) is 0 Å². The molecule has 3 unspecified atom stereocenters. The molecule has 0 N–H and O–H groups in total. The first kappa shape index (κ1) is 10.9. The summed E-state index contributed by atoms with van der Waals surface area (Å²) in [5.41, 5.74) is 0. The predicted molar refractivity (Wildman–Crippen MR) is 58.5 cm³/mol. The van der Waals surface area contributed by atoms with Crippen LogP contribution in [-0.4, -0.2) is 37.1 Å². The molecular weight excluding hydrogens is 190 g/mol. The lowest BCUT2D eigenvalue weighted by molar-refractivity contribution is -0.147. The van der Waals surface area contributed by atoms with E-state index in [4.69, 9.17) is 4.74 Å². The summed E-state index contributed by atoms with van der Waals surface area (Å²) in [5.74, 6) is 0.932. The van der Waals surface area contributed by atoms with Gasteiger partial charge in [-0.3, -0.25) is 9.69 Å². The van der Waals surface area contributed by atoms with Gasteiger partial charge in [0.2, 0.25) is 0 Å². The van der Waals surface area contributed by atoms with Crippen molar-refractivity contribution in [2.75, 3.05) is 20.2 Å². The third-order valence-electron chi connectivity index (χ3n) is 3.91. The molecular formula is C12H21NO2. The van der Waals surface area contributed by atoms with E-state index in [0.29, 0.717) is 6.04 Å². The second-order valence-electron chi connectivity index (χ2n) is 5.02. The number of methoxy groups -OCH3 is 1. The first-order valence-electron chi connectivity index (χ1n) is 6.04. The molecule has 2 fully saturated rings. The average molecular weight is 211 g/mol. The molecule has 0 spiro atoms. The van der Waals surface area contributed by atoms with Gasteiger partial charge in [0.1, 0.15) is 0 Å². The van der Waals surface area contributed by atoms with Crippen molar-refractivity contribution in [2.24, 2.45) is 11.8 Å². The third kappa shape index (κ3) is 2.17. The van der Waals surface area contributed by atoms with Gasteiger partial charge in [0, 0.05) is 12.6 Å². The van der Waals surface area contributed by atoms with E-state index in [0.717, 1.165) is 18.9 Å². The summed E-state index contributed by atoms with van der Waals surface area (Å²) in [5, 5.41) is 0. The van der Waals surface area contributed by atoms with Crippen molar-refractivity contribution in [3.63, 3.8) is 0 Å². The van der Waals surface area contributed by atoms with Gasteiger partial charge in [-0.1, -0.05) is 13.3 Å². The monoisotopic (exact) mass is 211 g/mol. The van der Waals surface area contributed by atoms with Gasteiger partial charge in [0.05, 0.1) is 13.0 Å². The molecule has 0 aromatic rings. The van der Waals surface area contributed by atoms with E-state index in [2.05, 4.69) is 11.8 Å². The summed E-state index contributed by atoms with van der Waals surface area (Å²) >= 11 is 0. The van der Waals surface area contributed by atoms with Crippen molar-refractivity contribution in [3.05, 3.63) is 0 Å². The summed E-state index contributed by atoms with van der Waals surface area (Å²) in [7, 11) is 1.50. The van der Waals surface area contributed by atoms with Crippen molar-refractivity contribution in [1.29, 1.82) is 0 Å². The minimum atomic E-state index is -0.00273. The van der Waals surface area contributed by atoms with Crippen molar-refractivity contribution in [3.8, 4) is 0 Å². The Morgan fingerprint density at radius 1 is 1.33 bits per heavy atom. The highest BCUT2D eigenvalue weighted by Gasteiger charge is 2.39. The second-order valence-corrected chi connectivity index (χ2v) is 5.02. The van der Waals surface area contributed by atoms with Crippen LogP contribution in [0.4, 0.5) is 0 Å². The van der Waals surface area contributed by atoms with Crippen LogP contribution in [0.3, 0.4) is 0 Å². The number of hydrogen-bond donors (Lipinski definition) is 0. The minimum absolute atomic E-state index is 0.00273. The number of ether oxygens (including phenoxy) is 1. The molecule has 86 valence electrons. The maximum absolute atomic E-state index is 11.6. The fourth-order valence-corrected chi connectivity index (χ4v) is 3.07. The van der Waals surface area contributed by atoms with Gasteiger partial charge in [0.15, 0.2) is 0 Å². The lowest BCUT2D eigenvalue weighted by Crippen LogP contribution is -2.39. The molecule has 0 aromatic carbocycles. The average Bonchev–Trinajstić information content (AvgIpc) is 2.84. The van der Waals surface area contributed by atoms with Crippen LogP contribution in [0.2, 0.25) is 0 Å². The molecule has 0 amide bonds. The summed E-state index contributed by atoms with van der Waals surface area (Å²) in [4.78, 5) is 14.1. The van der Waals surface area contributed by atoms with Crippen LogP contribution in [0.5, 0.6) is 0 Å². The zero-order valence-electron chi connectivity index (χ0n) is 9.74. The lowest BCUT2D eigenvalue weighted by Gasteiger charge is -2.27. The number of rotatable bonds is 2. The molecule has 1 saturated heterocycles. The van der Waals surface area contributed by atoms with E-state index in [-0.39, 0.29) is 11.9 Å². The van der Waals surface area contributed by atoms with E-state index >= 15 is 0 Å². The van der Waals surface area contributed by atoms with Gasteiger partial charge in [-0.25, -0.2) is 0 Å². The zero-order valence-corrected chi connectivity index (χ0v) is 9.74. The SMILES string of the molecule is COC(=O)C1CCCC1N1CCC(C)C1. The normalized spacial score (nSPS) is 37.1. The molecule has 15 heavy (non-hydrogen) atoms. The highest BCUT2D eigenvalue weighted by atomic mass is 16.5. The Hall–Kier alpha value is -0.570. The van der Waals surface area contributed by atoms with E-state index in [1.807, 2.05) is 0 Å². The number of hydrogen-bond acceptors (Lipinski definition) is 3. The van der Waals surface area contributed by atoms with Gasteiger partial charge in [0.25, 0.3) is 0 Å². The summed E-state index contributed by atoms with van der Waals surface area (Å²) in [6.07, 6.45) is 4.65. The maximum atomic E-state index is 11.6. The number of esters is 1. The molecule has 3 atom stereocenters. The third-order valence-corrected chi connectivity index (χ3v) is 3.91. The highest BCUT2D eigenvalue weighted by Crippen LogP contribution is 2.33. The van der Waals surface area contributed by atoms with Gasteiger partial charge < -0.3 is 4.74 Å². The van der Waals surface area contributed by atoms with E-state index in [1.165, 1.54) is 32.9 Å². The van der Waals surface area contributed by atoms with Crippen molar-refractivity contribution >= 4 is 5.97 Å². The lowest BCUT2D eigenvalue weighted by atomic mass is 10.0. The van der Waals surface area contributed by atoms with Gasteiger partial charge in [-0.05, 0) is 31.7 Å². The standard InChI is InChI=1S/C12H21NO2/c1-9-6-7-13(8-9)11-5-3-4-10(11)12(14)15-2/h9-11H,3-8H2,1-2H3. The van der Waals surface area contributed by atoms with Crippen LogP contribution in [-0.2, 0) is 9.53 Å². The molecule has 1 aliphatic heterocycles. The smallest absolute Gasteiger partial charge is 0.310 e. The zero-order chi connectivity index (χ0) is 10.8. The summed E-state index contributed by atoms with van der Waals surface area (Å²) in [6.45, 7) is 4.62. The largest absolute Gasteiger partial charge is 0.469 e. The first-order valence-corrected chi connectivity index (χ1v) is 6.04.